The number of nitrogens with zero attached hydrogens (tertiary/aromatic N) is 1. The summed E-state index contributed by atoms with van der Waals surface area (Å²) >= 11 is 0. The van der Waals surface area contributed by atoms with Gasteiger partial charge < -0.3 is 5.32 Å². The lowest BCUT2D eigenvalue weighted by atomic mass is 10.1. The SMILES string of the molecule is [CH2]c1cc(C(=O)NC)nc2ccccc12. The van der Waals surface area contributed by atoms with Crippen molar-refractivity contribution < 1.29 is 4.79 Å². The van der Waals surface area contributed by atoms with Gasteiger partial charge in [-0.25, -0.2) is 4.98 Å². The van der Waals surface area contributed by atoms with Crippen molar-refractivity contribution in [2.75, 3.05) is 7.05 Å². The van der Waals surface area contributed by atoms with E-state index in [-0.39, 0.29) is 5.91 Å². The fourth-order valence-corrected chi connectivity index (χ4v) is 1.49. The smallest absolute Gasteiger partial charge is 0.269 e. The zero-order chi connectivity index (χ0) is 10.8. The largest absolute Gasteiger partial charge is 0.354 e. The van der Waals surface area contributed by atoms with Crippen LogP contribution in [0.15, 0.2) is 30.3 Å². The molecule has 15 heavy (non-hydrogen) atoms. The lowest BCUT2D eigenvalue weighted by molar-refractivity contribution is 0.0958. The molecule has 0 aliphatic carbocycles. The van der Waals surface area contributed by atoms with Gasteiger partial charge in [0.15, 0.2) is 0 Å². The van der Waals surface area contributed by atoms with Crippen LogP contribution < -0.4 is 5.32 Å². The second kappa shape index (κ2) is 3.69. The molecule has 75 valence electrons. The highest BCUT2D eigenvalue weighted by molar-refractivity contribution is 5.95. The van der Waals surface area contributed by atoms with Gasteiger partial charge in [0.2, 0.25) is 0 Å². The molecule has 0 atom stereocenters. The van der Waals surface area contributed by atoms with Gasteiger partial charge >= 0.3 is 0 Å². The molecule has 0 spiro atoms. The third kappa shape index (κ3) is 1.68. The maximum absolute atomic E-state index is 11.4. The van der Waals surface area contributed by atoms with E-state index in [1.807, 2.05) is 24.3 Å². The summed E-state index contributed by atoms with van der Waals surface area (Å²) in [7, 11) is 1.59. The Hall–Kier alpha value is -1.90. The van der Waals surface area contributed by atoms with Crippen LogP contribution in [0.3, 0.4) is 0 Å². The molecule has 2 rings (SSSR count). The standard InChI is InChI=1S/C12H11N2O/c1-8-7-11(12(15)13-2)14-10-6-4-3-5-9(8)10/h3-7H,1H2,2H3,(H,13,15). The molecule has 1 aromatic heterocycles. The van der Waals surface area contributed by atoms with Gasteiger partial charge in [-0.3, -0.25) is 4.79 Å². The Kier molecular flexibility index (Phi) is 2.37. The van der Waals surface area contributed by atoms with Crippen LogP contribution in [0.4, 0.5) is 0 Å². The fourth-order valence-electron chi connectivity index (χ4n) is 1.49. The molecule has 1 heterocycles. The van der Waals surface area contributed by atoms with E-state index in [0.29, 0.717) is 5.69 Å². The summed E-state index contributed by atoms with van der Waals surface area (Å²) in [6, 6.07) is 9.33. The molecular formula is C12H11N2O. The van der Waals surface area contributed by atoms with Crippen LogP contribution in [0.1, 0.15) is 16.1 Å². The summed E-state index contributed by atoms with van der Waals surface area (Å²) in [5.74, 6) is -0.189. The first-order valence-corrected chi connectivity index (χ1v) is 4.66. The number of aromatic nitrogens is 1. The Morgan fingerprint density at radius 3 is 2.87 bits per heavy atom. The molecule has 0 unspecified atom stereocenters. The van der Waals surface area contributed by atoms with Crippen LogP contribution in [0.2, 0.25) is 0 Å². The first-order valence-electron chi connectivity index (χ1n) is 4.66. The third-order valence-corrected chi connectivity index (χ3v) is 2.26. The number of amides is 1. The van der Waals surface area contributed by atoms with Crippen molar-refractivity contribution in [3.63, 3.8) is 0 Å². The summed E-state index contributed by atoms with van der Waals surface area (Å²) in [5, 5.41) is 3.52. The molecule has 0 saturated carbocycles. The molecular weight excluding hydrogens is 188 g/mol. The van der Waals surface area contributed by atoms with Gasteiger partial charge in [0.05, 0.1) is 5.52 Å². The minimum atomic E-state index is -0.189. The maximum atomic E-state index is 11.4. The molecule has 1 aromatic carbocycles. The number of para-hydroxylation sites is 1. The second-order valence-electron chi connectivity index (χ2n) is 3.26. The zero-order valence-corrected chi connectivity index (χ0v) is 8.45. The highest BCUT2D eigenvalue weighted by Gasteiger charge is 2.07. The summed E-state index contributed by atoms with van der Waals surface area (Å²) in [6.07, 6.45) is 0. The van der Waals surface area contributed by atoms with Gasteiger partial charge in [-0.2, -0.15) is 0 Å². The molecule has 1 radical (unpaired) electrons. The number of pyridine rings is 1. The van der Waals surface area contributed by atoms with E-state index >= 15 is 0 Å². The quantitative estimate of drug-likeness (QED) is 0.760. The van der Waals surface area contributed by atoms with Crippen molar-refractivity contribution in [3.8, 4) is 0 Å². The van der Waals surface area contributed by atoms with Crippen molar-refractivity contribution in [3.05, 3.63) is 48.5 Å². The Labute approximate surface area is 88.1 Å². The average molecular weight is 199 g/mol. The van der Waals surface area contributed by atoms with Gasteiger partial charge in [0, 0.05) is 12.4 Å². The molecule has 0 aliphatic rings. The van der Waals surface area contributed by atoms with E-state index in [1.165, 1.54) is 0 Å². The van der Waals surface area contributed by atoms with Crippen molar-refractivity contribution in [2.45, 2.75) is 0 Å². The van der Waals surface area contributed by atoms with Crippen molar-refractivity contribution in [1.29, 1.82) is 0 Å². The lowest BCUT2D eigenvalue weighted by Crippen LogP contribution is -2.19. The summed E-state index contributed by atoms with van der Waals surface area (Å²) in [4.78, 5) is 15.7. The van der Waals surface area contributed by atoms with Crippen LogP contribution >= 0.6 is 0 Å². The first-order chi connectivity index (χ1) is 7.22. The van der Waals surface area contributed by atoms with Crippen LogP contribution in [0.5, 0.6) is 0 Å². The summed E-state index contributed by atoms with van der Waals surface area (Å²) < 4.78 is 0. The topological polar surface area (TPSA) is 42.0 Å². The Morgan fingerprint density at radius 2 is 2.13 bits per heavy atom. The normalized spacial score (nSPS) is 10.3. The summed E-state index contributed by atoms with van der Waals surface area (Å²) in [5.41, 5.74) is 2.02. The monoisotopic (exact) mass is 199 g/mol. The van der Waals surface area contributed by atoms with E-state index in [1.54, 1.807) is 13.1 Å². The lowest BCUT2D eigenvalue weighted by Gasteiger charge is -2.04. The predicted molar refractivity (Wildman–Crippen MR) is 59.6 cm³/mol. The van der Waals surface area contributed by atoms with Crippen LogP contribution in [0.25, 0.3) is 10.9 Å². The Balaban J connectivity index is 2.67. The number of benzene rings is 1. The molecule has 0 fully saturated rings. The average Bonchev–Trinajstić information content (AvgIpc) is 2.28. The van der Waals surface area contributed by atoms with E-state index in [9.17, 15) is 4.79 Å². The van der Waals surface area contributed by atoms with E-state index in [2.05, 4.69) is 17.2 Å². The first kappa shape index (κ1) is 9.65. The van der Waals surface area contributed by atoms with Gasteiger partial charge in [0.25, 0.3) is 5.91 Å². The summed E-state index contributed by atoms with van der Waals surface area (Å²) in [6.45, 7) is 3.91. The number of hydrogen-bond donors (Lipinski definition) is 1. The third-order valence-electron chi connectivity index (χ3n) is 2.26. The molecule has 1 N–H and O–H groups in total. The number of fused-ring (bicyclic) bond motifs is 1. The van der Waals surface area contributed by atoms with Crippen LogP contribution in [0, 0.1) is 6.92 Å². The molecule has 1 amide bonds. The van der Waals surface area contributed by atoms with Crippen LogP contribution in [-0.4, -0.2) is 17.9 Å². The number of carbonyl (C=O) groups is 1. The fraction of sp³-hybridized carbons (Fsp3) is 0.0833. The Morgan fingerprint density at radius 1 is 1.40 bits per heavy atom. The van der Waals surface area contributed by atoms with Crippen molar-refractivity contribution >= 4 is 16.8 Å². The number of nitrogens with one attached hydrogen (secondary N) is 1. The predicted octanol–water partition coefficient (Wildman–Crippen LogP) is 1.78. The van der Waals surface area contributed by atoms with Gasteiger partial charge in [-0.1, -0.05) is 18.2 Å². The van der Waals surface area contributed by atoms with Crippen LogP contribution in [-0.2, 0) is 0 Å². The van der Waals surface area contributed by atoms with Gasteiger partial charge in [0.1, 0.15) is 5.69 Å². The zero-order valence-electron chi connectivity index (χ0n) is 8.45. The highest BCUT2D eigenvalue weighted by Crippen LogP contribution is 2.16. The molecule has 0 saturated heterocycles. The molecule has 3 heteroatoms. The maximum Gasteiger partial charge on any atom is 0.269 e. The minimum Gasteiger partial charge on any atom is -0.354 e. The highest BCUT2D eigenvalue weighted by atomic mass is 16.1. The van der Waals surface area contributed by atoms with Gasteiger partial charge in [-0.15, -0.1) is 0 Å². The number of hydrogen-bond acceptors (Lipinski definition) is 2. The Bertz CT molecular complexity index is 520. The second-order valence-corrected chi connectivity index (χ2v) is 3.26. The van der Waals surface area contributed by atoms with E-state index in [0.717, 1.165) is 16.5 Å². The van der Waals surface area contributed by atoms with E-state index < -0.39 is 0 Å². The van der Waals surface area contributed by atoms with Crippen molar-refractivity contribution in [1.82, 2.24) is 10.3 Å². The van der Waals surface area contributed by atoms with Crippen molar-refractivity contribution in [2.24, 2.45) is 0 Å². The molecule has 0 aliphatic heterocycles. The number of rotatable bonds is 1. The minimum absolute atomic E-state index is 0.189. The van der Waals surface area contributed by atoms with E-state index in [4.69, 9.17) is 0 Å². The molecule has 0 bridgehead atoms. The van der Waals surface area contributed by atoms with Gasteiger partial charge in [-0.05, 0) is 24.6 Å². The number of carbonyl (C=O) groups excluding carboxylic acids is 1. The molecule has 2 aromatic rings. The molecule has 3 nitrogen and oxygen atoms in total.